The topological polar surface area (TPSA) is 131 Å². The fourth-order valence-electron chi connectivity index (χ4n) is 5.00. The van der Waals surface area contributed by atoms with Crippen LogP contribution in [-0.2, 0) is 29.2 Å². The summed E-state index contributed by atoms with van der Waals surface area (Å²) in [5.41, 5.74) is 1.22. The fraction of sp³-hybridized carbons (Fsp3) is 0.310. The van der Waals surface area contributed by atoms with Gasteiger partial charge in [-0.3, -0.25) is 14.9 Å². The normalized spacial score (nSPS) is 13.1. The number of nitrogens with one attached hydrogen (secondary N) is 1. The van der Waals surface area contributed by atoms with Gasteiger partial charge >= 0.3 is 6.09 Å². The molecular formula is C29H26F2N8O3S. The van der Waals surface area contributed by atoms with Crippen LogP contribution in [0.15, 0.2) is 24.9 Å². The molecule has 0 spiro atoms. The van der Waals surface area contributed by atoms with Crippen LogP contribution in [0, 0.1) is 23.0 Å². The van der Waals surface area contributed by atoms with Crippen molar-refractivity contribution in [2.24, 2.45) is 0 Å². The molecule has 6 rings (SSSR count). The minimum Gasteiger partial charge on any atom is -0.444 e. The van der Waals surface area contributed by atoms with E-state index < -0.39 is 23.3 Å². The van der Waals surface area contributed by atoms with E-state index in [-0.39, 0.29) is 56.6 Å². The maximum absolute atomic E-state index is 16.7. The number of benzene rings is 1. The number of amides is 1. The summed E-state index contributed by atoms with van der Waals surface area (Å²) < 4.78 is 44.5. The summed E-state index contributed by atoms with van der Waals surface area (Å²) in [6, 6.07) is 2.04. The van der Waals surface area contributed by atoms with Crippen molar-refractivity contribution in [1.29, 1.82) is 5.26 Å². The van der Waals surface area contributed by atoms with Gasteiger partial charge in [0.1, 0.15) is 28.5 Å². The number of carbonyl (C=O) groups excluding carboxylic acids is 1. The number of hydrogen-bond donors (Lipinski definition) is 1. The molecule has 43 heavy (non-hydrogen) atoms. The molecule has 14 heteroatoms. The predicted molar refractivity (Wildman–Crippen MR) is 156 cm³/mol. The van der Waals surface area contributed by atoms with Gasteiger partial charge in [0.25, 0.3) is 0 Å². The lowest BCUT2D eigenvalue weighted by Gasteiger charge is -2.19. The van der Waals surface area contributed by atoms with Crippen molar-refractivity contribution in [3.63, 3.8) is 0 Å². The van der Waals surface area contributed by atoms with E-state index >= 15 is 8.78 Å². The van der Waals surface area contributed by atoms with E-state index in [9.17, 15) is 10.1 Å². The van der Waals surface area contributed by atoms with Crippen molar-refractivity contribution in [3.8, 4) is 23.3 Å². The maximum atomic E-state index is 16.7. The van der Waals surface area contributed by atoms with Crippen LogP contribution in [0.3, 0.4) is 0 Å². The molecule has 0 radical (unpaired) electrons. The third kappa shape index (κ3) is 5.16. The summed E-state index contributed by atoms with van der Waals surface area (Å²) in [7, 11) is 3.85. The number of hydrogen-bond acceptors (Lipinski definition) is 10. The lowest BCUT2D eigenvalue weighted by Crippen LogP contribution is -2.27. The number of halogens is 2. The number of carbonyl (C=O) groups is 1. The van der Waals surface area contributed by atoms with Gasteiger partial charge < -0.3 is 14.4 Å². The molecule has 0 fully saturated rings. The molecule has 1 aliphatic heterocycles. The van der Waals surface area contributed by atoms with E-state index in [0.717, 1.165) is 23.2 Å². The first-order chi connectivity index (χ1) is 20.4. The third-order valence-corrected chi connectivity index (χ3v) is 7.78. The van der Waals surface area contributed by atoms with E-state index in [1.807, 2.05) is 25.1 Å². The minimum absolute atomic E-state index is 0.0206. The van der Waals surface area contributed by atoms with Crippen molar-refractivity contribution in [1.82, 2.24) is 29.4 Å². The van der Waals surface area contributed by atoms with Crippen LogP contribution in [0.1, 0.15) is 43.2 Å². The van der Waals surface area contributed by atoms with Crippen LogP contribution in [-0.4, -0.2) is 55.2 Å². The number of fused-ring (bicyclic) bond motifs is 4. The highest BCUT2D eigenvalue weighted by Gasteiger charge is 2.31. The third-order valence-electron chi connectivity index (χ3n) is 6.66. The zero-order valence-corrected chi connectivity index (χ0v) is 24.8. The molecule has 0 saturated heterocycles. The number of rotatable bonds is 5. The smallest absolute Gasteiger partial charge is 0.412 e. The second-order valence-electron chi connectivity index (χ2n) is 11.3. The molecule has 0 saturated carbocycles. The van der Waals surface area contributed by atoms with Crippen LogP contribution >= 0.6 is 11.3 Å². The number of imidazole rings is 1. The Bertz CT molecular complexity index is 1970. The van der Waals surface area contributed by atoms with Gasteiger partial charge in [0.15, 0.2) is 11.6 Å². The SMILES string of the molecule is CN(C)Cc1cn(-c2ncc3c4c(c(-c5ncc(F)c6sc(NC(=O)OC(C)(C)C)c(C#N)c56)c(F)c3n2)COC4)cn1. The molecule has 220 valence electrons. The quantitative estimate of drug-likeness (QED) is 0.269. The van der Waals surface area contributed by atoms with Gasteiger partial charge in [0.05, 0.1) is 41.1 Å². The highest BCUT2D eigenvalue weighted by Crippen LogP contribution is 2.45. The minimum atomic E-state index is -0.811. The molecule has 1 amide bonds. The summed E-state index contributed by atoms with van der Waals surface area (Å²) in [5, 5.41) is 13.3. The van der Waals surface area contributed by atoms with Crippen LogP contribution in [0.5, 0.6) is 0 Å². The van der Waals surface area contributed by atoms with E-state index in [1.165, 1.54) is 0 Å². The molecule has 1 aliphatic rings. The van der Waals surface area contributed by atoms with Gasteiger partial charge in [-0.2, -0.15) is 5.26 Å². The van der Waals surface area contributed by atoms with E-state index in [4.69, 9.17) is 9.47 Å². The Morgan fingerprint density at radius 2 is 1.98 bits per heavy atom. The van der Waals surface area contributed by atoms with E-state index in [2.05, 4.69) is 25.3 Å². The Hall–Kier alpha value is -4.58. The molecule has 1 N–H and O–H groups in total. The van der Waals surface area contributed by atoms with Crippen molar-refractivity contribution in [2.75, 3.05) is 19.4 Å². The summed E-state index contributed by atoms with van der Waals surface area (Å²) in [5.74, 6) is -1.22. The van der Waals surface area contributed by atoms with Crippen LogP contribution < -0.4 is 5.32 Å². The van der Waals surface area contributed by atoms with E-state index in [0.29, 0.717) is 23.1 Å². The maximum Gasteiger partial charge on any atom is 0.412 e. The summed E-state index contributed by atoms with van der Waals surface area (Å²) in [6.07, 6.45) is 5.04. The molecule has 0 atom stereocenters. The highest BCUT2D eigenvalue weighted by molar-refractivity contribution is 7.23. The number of thiophene rings is 1. The fourth-order valence-corrected chi connectivity index (χ4v) is 6.04. The van der Waals surface area contributed by atoms with Crippen LogP contribution in [0.25, 0.3) is 38.2 Å². The Morgan fingerprint density at radius 3 is 2.70 bits per heavy atom. The standard InChI is InChI=1S/C29H26F2N8O3S/c1-29(2,3)42-28(40)37-26-15(6-32)21-24(33-8-19(30)25(21)43-26)20-18-12-41-11-17(18)16-7-34-27(36-23(16)22(20)31)39-10-14(35-13-39)9-38(4)5/h7-8,10,13H,9,11-12H2,1-5H3,(H,37,40). The van der Waals surface area contributed by atoms with Gasteiger partial charge in [0.2, 0.25) is 5.95 Å². The van der Waals surface area contributed by atoms with E-state index in [1.54, 1.807) is 44.1 Å². The molecule has 0 aliphatic carbocycles. The molecule has 5 heterocycles. The lowest BCUT2D eigenvalue weighted by atomic mass is 9.94. The number of nitrogens with zero attached hydrogens (tertiary/aromatic N) is 7. The van der Waals surface area contributed by atoms with Gasteiger partial charge in [-0.25, -0.2) is 28.5 Å². The second-order valence-corrected chi connectivity index (χ2v) is 12.3. The number of aromatic nitrogens is 5. The highest BCUT2D eigenvalue weighted by atomic mass is 32.1. The number of nitriles is 1. The largest absolute Gasteiger partial charge is 0.444 e. The Balaban J connectivity index is 1.55. The number of anilines is 1. The molecule has 4 aromatic heterocycles. The first-order valence-corrected chi connectivity index (χ1v) is 14.0. The second kappa shape index (κ2) is 10.6. The zero-order valence-electron chi connectivity index (χ0n) is 24.0. The van der Waals surface area contributed by atoms with Crippen molar-refractivity contribution < 1.29 is 23.0 Å². The molecule has 5 aromatic rings. The Labute approximate surface area is 248 Å². The van der Waals surface area contributed by atoms with Gasteiger partial charge in [0, 0.05) is 35.3 Å². The molecule has 11 nitrogen and oxygen atoms in total. The Kier molecular flexibility index (Phi) is 7.04. The van der Waals surface area contributed by atoms with Crippen molar-refractivity contribution >= 4 is 43.4 Å². The van der Waals surface area contributed by atoms with Gasteiger partial charge in [-0.15, -0.1) is 11.3 Å². The average Bonchev–Trinajstić information content (AvgIpc) is 3.67. The predicted octanol–water partition coefficient (Wildman–Crippen LogP) is 5.68. The monoisotopic (exact) mass is 604 g/mol. The molecular weight excluding hydrogens is 578 g/mol. The Morgan fingerprint density at radius 1 is 1.21 bits per heavy atom. The van der Waals surface area contributed by atoms with Crippen LogP contribution in [0.2, 0.25) is 0 Å². The lowest BCUT2D eigenvalue weighted by molar-refractivity contribution is 0.0636. The summed E-state index contributed by atoms with van der Waals surface area (Å²) in [6.45, 7) is 5.94. The first kappa shape index (κ1) is 28.5. The van der Waals surface area contributed by atoms with Gasteiger partial charge in [-0.05, 0) is 46.0 Å². The first-order valence-electron chi connectivity index (χ1n) is 13.2. The van der Waals surface area contributed by atoms with Crippen molar-refractivity contribution in [2.45, 2.75) is 46.1 Å². The zero-order chi connectivity index (χ0) is 30.6. The molecule has 0 unspecified atom stereocenters. The number of pyridine rings is 1. The summed E-state index contributed by atoms with van der Waals surface area (Å²) >= 11 is 0.845. The summed E-state index contributed by atoms with van der Waals surface area (Å²) in [4.78, 5) is 32.1. The van der Waals surface area contributed by atoms with Crippen LogP contribution in [0.4, 0.5) is 18.6 Å². The van der Waals surface area contributed by atoms with Crippen molar-refractivity contribution in [3.05, 3.63) is 58.9 Å². The average molecular weight is 605 g/mol. The van der Waals surface area contributed by atoms with Gasteiger partial charge in [-0.1, -0.05) is 0 Å². The molecule has 0 bridgehead atoms. The molecule has 1 aromatic carbocycles. The number of ether oxygens (including phenoxy) is 2.